The molecule has 1 N–H and O–H groups in total. The maximum atomic E-state index is 11.2. The molecule has 1 heterocycles. The van der Waals surface area contributed by atoms with Crippen molar-refractivity contribution in [1.29, 1.82) is 0 Å². The van der Waals surface area contributed by atoms with Gasteiger partial charge in [-0.2, -0.15) is 0 Å². The predicted octanol–water partition coefficient (Wildman–Crippen LogP) is 4.09. The number of thiophene rings is 1. The number of carboxylic acids is 1. The van der Waals surface area contributed by atoms with Gasteiger partial charge < -0.3 is 9.84 Å². The number of rotatable bonds is 5. The monoisotopic (exact) mass is 268 g/mol. The maximum Gasteiger partial charge on any atom is 0.349 e. The predicted molar refractivity (Wildman–Crippen MR) is 74.9 cm³/mol. The minimum atomic E-state index is -0.937. The van der Waals surface area contributed by atoms with Gasteiger partial charge in [0.15, 0.2) is 4.88 Å². The average molecular weight is 268 g/mol. The van der Waals surface area contributed by atoms with E-state index in [9.17, 15) is 9.90 Å². The van der Waals surface area contributed by atoms with Crippen molar-refractivity contribution in [2.75, 3.05) is 6.61 Å². The largest absolute Gasteiger partial charge is 0.487 e. The smallest absolute Gasteiger partial charge is 0.349 e. The van der Waals surface area contributed by atoms with E-state index in [0.29, 0.717) is 12.4 Å². The van der Waals surface area contributed by atoms with Gasteiger partial charge in [-0.25, -0.2) is 4.79 Å². The summed E-state index contributed by atoms with van der Waals surface area (Å²) in [6.07, 6.45) is 0.832. The van der Waals surface area contributed by atoms with E-state index in [-0.39, 0.29) is 10.3 Å². The van der Waals surface area contributed by atoms with Gasteiger partial charge in [0.2, 0.25) is 0 Å². The van der Waals surface area contributed by atoms with Crippen LogP contribution in [0.1, 0.15) is 48.7 Å². The lowest BCUT2D eigenvalue weighted by Crippen LogP contribution is -2.08. The van der Waals surface area contributed by atoms with Crippen molar-refractivity contribution in [2.24, 2.45) is 0 Å². The third-order valence-electron chi connectivity index (χ3n) is 2.56. The van der Waals surface area contributed by atoms with Gasteiger partial charge in [0.25, 0.3) is 0 Å². The van der Waals surface area contributed by atoms with Gasteiger partial charge in [-0.3, -0.25) is 0 Å². The second kappa shape index (κ2) is 5.57. The molecular formula is C14H20O3S. The van der Waals surface area contributed by atoms with Crippen molar-refractivity contribution in [3.05, 3.63) is 28.0 Å². The van der Waals surface area contributed by atoms with Crippen LogP contribution in [0.2, 0.25) is 0 Å². The lowest BCUT2D eigenvalue weighted by atomic mass is 9.95. The highest BCUT2D eigenvalue weighted by molar-refractivity contribution is 7.14. The molecule has 0 aromatic carbocycles. The lowest BCUT2D eigenvalue weighted by Gasteiger charge is -2.15. The van der Waals surface area contributed by atoms with Crippen LogP contribution in [-0.2, 0) is 5.41 Å². The zero-order valence-corrected chi connectivity index (χ0v) is 12.2. The number of hydrogen-bond acceptors (Lipinski definition) is 3. The second-order valence-corrected chi connectivity index (χ2v) is 6.30. The van der Waals surface area contributed by atoms with Gasteiger partial charge in [0.1, 0.15) is 12.4 Å². The van der Waals surface area contributed by atoms with E-state index in [1.54, 1.807) is 0 Å². The molecule has 0 saturated carbocycles. The Labute approximate surface area is 112 Å². The Morgan fingerprint density at radius 3 is 2.56 bits per heavy atom. The molecule has 0 fully saturated rings. The van der Waals surface area contributed by atoms with Crippen molar-refractivity contribution in [1.82, 2.24) is 0 Å². The van der Waals surface area contributed by atoms with Crippen LogP contribution in [0.15, 0.2) is 18.2 Å². The summed E-state index contributed by atoms with van der Waals surface area (Å²) in [4.78, 5) is 12.5. The topological polar surface area (TPSA) is 46.5 Å². The fourth-order valence-electron chi connectivity index (χ4n) is 1.28. The zero-order valence-electron chi connectivity index (χ0n) is 11.4. The van der Waals surface area contributed by atoms with Crippen LogP contribution in [0.5, 0.6) is 5.75 Å². The maximum absolute atomic E-state index is 11.2. The molecule has 1 aromatic heterocycles. The first-order valence-corrected chi connectivity index (χ1v) is 6.74. The van der Waals surface area contributed by atoms with Crippen molar-refractivity contribution < 1.29 is 14.6 Å². The van der Waals surface area contributed by atoms with E-state index in [0.717, 1.165) is 16.9 Å². The summed E-state index contributed by atoms with van der Waals surface area (Å²) in [5.41, 5.74) is 0.882. The van der Waals surface area contributed by atoms with Gasteiger partial charge in [-0.05, 0) is 23.5 Å². The number of hydrogen-bond donors (Lipinski definition) is 1. The van der Waals surface area contributed by atoms with Crippen LogP contribution in [0.3, 0.4) is 0 Å². The van der Waals surface area contributed by atoms with E-state index < -0.39 is 5.97 Å². The van der Waals surface area contributed by atoms with E-state index in [1.165, 1.54) is 11.3 Å². The van der Waals surface area contributed by atoms with Crippen molar-refractivity contribution >= 4 is 17.3 Å². The molecule has 18 heavy (non-hydrogen) atoms. The zero-order chi connectivity index (χ0) is 13.9. The van der Waals surface area contributed by atoms with Crippen LogP contribution < -0.4 is 4.74 Å². The minimum Gasteiger partial charge on any atom is -0.487 e. The summed E-state index contributed by atoms with van der Waals surface area (Å²) in [6, 6.07) is 1.83. The fraction of sp³-hybridized carbons (Fsp3) is 0.500. The molecule has 100 valence electrons. The Bertz CT molecular complexity index is 452. The molecule has 0 bridgehead atoms. The highest BCUT2D eigenvalue weighted by Crippen LogP contribution is 2.36. The van der Waals surface area contributed by atoms with Crippen molar-refractivity contribution in [3.63, 3.8) is 0 Å². The SMILES string of the molecule is C=C(CC)COc1cc(C(C)(C)C)sc1C(=O)O. The van der Waals surface area contributed by atoms with Crippen molar-refractivity contribution in [2.45, 2.75) is 39.5 Å². The second-order valence-electron chi connectivity index (χ2n) is 5.25. The summed E-state index contributed by atoms with van der Waals surface area (Å²) in [7, 11) is 0. The van der Waals surface area contributed by atoms with Crippen LogP contribution in [0.4, 0.5) is 0 Å². The van der Waals surface area contributed by atoms with Crippen LogP contribution in [0, 0.1) is 0 Å². The molecule has 0 aliphatic carbocycles. The van der Waals surface area contributed by atoms with Crippen LogP contribution >= 0.6 is 11.3 Å². The standard InChI is InChI=1S/C14H20O3S/c1-6-9(2)8-17-10-7-11(14(3,4)5)18-12(10)13(15)16/h7H,2,6,8H2,1,3-5H3,(H,15,16). The first-order chi connectivity index (χ1) is 8.25. The molecule has 0 aliphatic rings. The van der Waals surface area contributed by atoms with Gasteiger partial charge in [-0.1, -0.05) is 34.3 Å². The fourth-order valence-corrected chi connectivity index (χ4v) is 2.28. The Kier molecular flexibility index (Phi) is 4.57. The Balaban J connectivity index is 2.98. The van der Waals surface area contributed by atoms with Gasteiger partial charge in [0.05, 0.1) is 0 Å². The first-order valence-electron chi connectivity index (χ1n) is 5.92. The molecule has 0 radical (unpaired) electrons. The van der Waals surface area contributed by atoms with Gasteiger partial charge in [-0.15, -0.1) is 11.3 Å². The highest BCUT2D eigenvalue weighted by atomic mass is 32.1. The number of carbonyl (C=O) groups is 1. The number of ether oxygens (including phenoxy) is 1. The molecule has 3 nitrogen and oxygen atoms in total. The summed E-state index contributed by atoms with van der Waals surface area (Å²) >= 11 is 1.28. The Hall–Kier alpha value is -1.29. The Morgan fingerprint density at radius 2 is 2.11 bits per heavy atom. The normalized spacial score (nSPS) is 11.3. The molecule has 1 rings (SSSR count). The minimum absolute atomic E-state index is 0.0712. The molecule has 0 unspecified atom stereocenters. The third kappa shape index (κ3) is 3.60. The summed E-state index contributed by atoms with van der Waals surface area (Å²) in [5, 5.41) is 9.18. The van der Waals surface area contributed by atoms with Crippen LogP contribution in [0.25, 0.3) is 0 Å². The lowest BCUT2D eigenvalue weighted by molar-refractivity contribution is 0.0698. The molecule has 4 heteroatoms. The van der Waals surface area contributed by atoms with Gasteiger partial charge in [0, 0.05) is 4.88 Å². The first kappa shape index (κ1) is 14.8. The van der Waals surface area contributed by atoms with Crippen molar-refractivity contribution in [3.8, 4) is 5.75 Å². The number of carboxylic acid groups (broad SMARTS) is 1. The van der Waals surface area contributed by atoms with E-state index >= 15 is 0 Å². The molecular weight excluding hydrogens is 248 g/mol. The quantitative estimate of drug-likeness (QED) is 0.818. The Morgan fingerprint density at radius 1 is 1.50 bits per heavy atom. The summed E-state index contributed by atoms with van der Waals surface area (Å²) in [6.45, 7) is 12.4. The van der Waals surface area contributed by atoms with E-state index in [1.807, 2.05) is 13.0 Å². The molecule has 0 spiro atoms. The average Bonchev–Trinajstić information content (AvgIpc) is 2.69. The molecule has 0 aliphatic heterocycles. The third-order valence-corrected chi connectivity index (χ3v) is 4.09. The van der Waals surface area contributed by atoms with E-state index in [4.69, 9.17) is 4.74 Å². The molecule has 0 saturated heterocycles. The van der Waals surface area contributed by atoms with Gasteiger partial charge >= 0.3 is 5.97 Å². The van der Waals surface area contributed by atoms with E-state index in [2.05, 4.69) is 27.4 Å². The number of aromatic carboxylic acids is 1. The summed E-state index contributed by atoms with van der Waals surface area (Å²) in [5.74, 6) is -0.486. The molecule has 1 aromatic rings. The highest BCUT2D eigenvalue weighted by Gasteiger charge is 2.23. The molecule has 0 atom stereocenters. The summed E-state index contributed by atoms with van der Waals surface area (Å²) < 4.78 is 5.56. The molecule has 0 amide bonds. The van der Waals surface area contributed by atoms with Crippen LogP contribution in [-0.4, -0.2) is 17.7 Å².